The Balaban J connectivity index is 2.10. The maximum Gasteiger partial charge on any atom is 0.326 e. The molecule has 0 aliphatic rings. The summed E-state index contributed by atoms with van der Waals surface area (Å²) in [7, 11) is 0. The van der Waals surface area contributed by atoms with Gasteiger partial charge in [-0.2, -0.15) is 0 Å². The second-order valence-electron chi connectivity index (χ2n) is 8.19. The van der Waals surface area contributed by atoms with E-state index in [-0.39, 0.29) is 31.6 Å². The third-order valence-corrected chi connectivity index (χ3v) is 5.06. The summed E-state index contributed by atoms with van der Waals surface area (Å²) in [5.74, 6) is -3.54. The second kappa shape index (κ2) is 11.3. The molecular formula is C22H30N4O6. The minimum Gasteiger partial charge on any atom is -0.481 e. The van der Waals surface area contributed by atoms with Gasteiger partial charge in [0.2, 0.25) is 11.8 Å². The number of carbonyl (C=O) groups excluding carboxylic acids is 2. The van der Waals surface area contributed by atoms with E-state index in [9.17, 15) is 24.3 Å². The lowest BCUT2D eigenvalue weighted by molar-refractivity contribution is -0.142. The molecule has 0 spiro atoms. The van der Waals surface area contributed by atoms with Crippen molar-refractivity contribution in [1.82, 2.24) is 15.6 Å². The van der Waals surface area contributed by atoms with Crippen LogP contribution >= 0.6 is 0 Å². The fourth-order valence-corrected chi connectivity index (χ4v) is 3.38. The van der Waals surface area contributed by atoms with Crippen molar-refractivity contribution in [3.05, 3.63) is 36.0 Å². The highest BCUT2D eigenvalue weighted by atomic mass is 16.4. The lowest BCUT2D eigenvalue weighted by Gasteiger charge is -2.24. The van der Waals surface area contributed by atoms with Crippen LogP contribution in [0.4, 0.5) is 0 Å². The number of para-hydroxylation sites is 1. The number of aromatic amines is 1. The maximum atomic E-state index is 12.9. The van der Waals surface area contributed by atoms with E-state index in [4.69, 9.17) is 10.8 Å². The lowest BCUT2D eigenvalue weighted by atomic mass is 10.0. The van der Waals surface area contributed by atoms with Gasteiger partial charge in [-0.1, -0.05) is 32.0 Å². The van der Waals surface area contributed by atoms with Gasteiger partial charge in [0.15, 0.2) is 0 Å². The summed E-state index contributed by atoms with van der Waals surface area (Å²) in [5.41, 5.74) is 7.34. The Morgan fingerprint density at radius 3 is 2.31 bits per heavy atom. The lowest BCUT2D eigenvalue weighted by Crippen LogP contribution is -2.55. The molecule has 0 aliphatic heterocycles. The number of fused-ring (bicyclic) bond motifs is 1. The van der Waals surface area contributed by atoms with Crippen LogP contribution in [0.25, 0.3) is 10.9 Å². The molecule has 1 heterocycles. The first-order valence-corrected chi connectivity index (χ1v) is 10.4. The number of carboxylic acid groups (broad SMARTS) is 2. The van der Waals surface area contributed by atoms with Crippen LogP contribution in [0.3, 0.4) is 0 Å². The highest BCUT2D eigenvalue weighted by Gasteiger charge is 2.29. The Bertz CT molecular complexity index is 970. The second-order valence-corrected chi connectivity index (χ2v) is 8.19. The first-order chi connectivity index (χ1) is 15.1. The fourth-order valence-electron chi connectivity index (χ4n) is 3.38. The number of nitrogens with two attached hydrogens (primary N) is 1. The number of carbonyl (C=O) groups is 4. The van der Waals surface area contributed by atoms with Gasteiger partial charge in [-0.15, -0.1) is 0 Å². The fraction of sp³-hybridized carbons (Fsp3) is 0.455. The van der Waals surface area contributed by atoms with E-state index in [1.54, 1.807) is 6.20 Å². The van der Waals surface area contributed by atoms with Gasteiger partial charge in [-0.25, -0.2) is 4.79 Å². The van der Waals surface area contributed by atoms with Crippen LogP contribution in [0.15, 0.2) is 30.5 Å². The van der Waals surface area contributed by atoms with Gasteiger partial charge in [0, 0.05) is 29.9 Å². The molecule has 1 aromatic heterocycles. The van der Waals surface area contributed by atoms with Gasteiger partial charge in [0.1, 0.15) is 12.1 Å². The van der Waals surface area contributed by atoms with E-state index in [1.165, 1.54) is 0 Å². The molecule has 174 valence electrons. The Kier molecular flexibility index (Phi) is 8.77. The Morgan fingerprint density at radius 1 is 1.03 bits per heavy atom. The molecule has 0 saturated carbocycles. The van der Waals surface area contributed by atoms with Crippen LogP contribution in [0.2, 0.25) is 0 Å². The van der Waals surface area contributed by atoms with Gasteiger partial charge >= 0.3 is 11.9 Å². The molecule has 2 rings (SSSR count). The minimum absolute atomic E-state index is 0.0261. The van der Waals surface area contributed by atoms with Gasteiger partial charge < -0.3 is 31.6 Å². The minimum atomic E-state index is -1.20. The van der Waals surface area contributed by atoms with E-state index in [0.29, 0.717) is 0 Å². The van der Waals surface area contributed by atoms with Crippen molar-refractivity contribution in [2.75, 3.05) is 0 Å². The Hall–Kier alpha value is -3.40. The average molecular weight is 447 g/mol. The Labute approximate surface area is 185 Å². The van der Waals surface area contributed by atoms with Crippen LogP contribution in [0.5, 0.6) is 0 Å². The van der Waals surface area contributed by atoms with Crippen LogP contribution in [0, 0.1) is 5.92 Å². The standard InChI is InChI=1S/C22H30N4O6/c1-12(2)9-17(25-20(29)15(23)7-8-19(27)28)21(30)26-18(22(31)32)10-13-11-24-16-6-4-3-5-14(13)16/h3-6,11-12,15,17-18,24H,7-10,23H2,1-2H3,(H,25,29)(H,26,30)(H,27,28)(H,31,32)/t15-,17-,18-/m0/s1. The van der Waals surface area contributed by atoms with Gasteiger partial charge in [-0.3, -0.25) is 14.4 Å². The molecule has 1 aromatic carbocycles. The van der Waals surface area contributed by atoms with Crippen molar-refractivity contribution in [1.29, 1.82) is 0 Å². The first kappa shape index (κ1) is 24.9. The zero-order valence-electron chi connectivity index (χ0n) is 18.1. The summed E-state index contributed by atoms with van der Waals surface area (Å²) >= 11 is 0. The number of carboxylic acids is 2. The van der Waals surface area contributed by atoms with Crippen LogP contribution in [-0.4, -0.2) is 57.1 Å². The number of rotatable bonds is 12. The molecule has 0 saturated heterocycles. The summed E-state index contributed by atoms with van der Waals surface area (Å²) in [5, 5.41) is 24.3. The molecule has 7 N–H and O–H groups in total. The molecule has 10 nitrogen and oxygen atoms in total. The summed E-state index contributed by atoms with van der Waals surface area (Å²) in [6, 6.07) is 4.15. The normalized spacial score (nSPS) is 14.0. The molecule has 0 unspecified atom stereocenters. The SMILES string of the molecule is CC(C)C[C@H](NC(=O)[C@@H](N)CCC(=O)O)C(=O)N[C@@H](Cc1c[nH]c2ccccc12)C(=O)O. The number of H-pyrrole nitrogens is 1. The summed E-state index contributed by atoms with van der Waals surface area (Å²) in [4.78, 5) is 50.8. The quantitative estimate of drug-likeness (QED) is 0.282. The molecule has 32 heavy (non-hydrogen) atoms. The summed E-state index contributed by atoms with van der Waals surface area (Å²) < 4.78 is 0. The number of hydrogen-bond acceptors (Lipinski definition) is 5. The molecule has 2 amide bonds. The number of hydrogen-bond donors (Lipinski definition) is 6. The van der Waals surface area contributed by atoms with Gasteiger partial charge in [0.25, 0.3) is 0 Å². The van der Waals surface area contributed by atoms with Gasteiger partial charge in [-0.05, 0) is 30.4 Å². The van der Waals surface area contributed by atoms with Crippen LogP contribution < -0.4 is 16.4 Å². The topological polar surface area (TPSA) is 175 Å². The van der Waals surface area contributed by atoms with E-state index in [0.717, 1.165) is 16.5 Å². The van der Waals surface area contributed by atoms with E-state index >= 15 is 0 Å². The van der Waals surface area contributed by atoms with Crippen LogP contribution in [0.1, 0.15) is 38.7 Å². The largest absolute Gasteiger partial charge is 0.481 e. The monoisotopic (exact) mass is 446 g/mol. The molecule has 2 aromatic rings. The molecule has 0 aliphatic carbocycles. The van der Waals surface area contributed by atoms with E-state index in [2.05, 4.69) is 15.6 Å². The predicted octanol–water partition coefficient (Wildman–Crippen LogP) is 1.00. The third-order valence-electron chi connectivity index (χ3n) is 5.06. The van der Waals surface area contributed by atoms with E-state index in [1.807, 2.05) is 38.1 Å². The summed E-state index contributed by atoms with van der Waals surface area (Å²) in [6.07, 6.45) is 1.69. The van der Waals surface area contributed by atoms with Crippen LogP contribution in [-0.2, 0) is 25.6 Å². The molecule has 0 fully saturated rings. The van der Waals surface area contributed by atoms with Crippen molar-refractivity contribution in [3.63, 3.8) is 0 Å². The Morgan fingerprint density at radius 2 is 1.69 bits per heavy atom. The van der Waals surface area contributed by atoms with Crippen molar-refractivity contribution < 1.29 is 29.4 Å². The molecular weight excluding hydrogens is 416 g/mol. The highest BCUT2D eigenvalue weighted by Crippen LogP contribution is 2.19. The van der Waals surface area contributed by atoms with Crippen molar-refractivity contribution in [2.24, 2.45) is 11.7 Å². The number of benzene rings is 1. The molecule has 10 heteroatoms. The third kappa shape index (κ3) is 7.09. The molecule has 0 bridgehead atoms. The molecule has 0 radical (unpaired) electrons. The van der Waals surface area contributed by atoms with Crippen molar-refractivity contribution >= 4 is 34.7 Å². The van der Waals surface area contributed by atoms with Gasteiger partial charge in [0.05, 0.1) is 6.04 Å². The predicted molar refractivity (Wildman–Crippen MR) is 118 cm³/mol. The number of aromatic nitrogens is 1. The average Bonchev–Trinajstić information content (AvgIpc) is 3.13. The van der Waals surface area contributed by atoms with E-state index < -0.39 is 41.9 Å². The zero-order chi connectivity index (χ0) is 23.8. The maximum absolute atomic E-state index is 12.9. The molecule has 3 atom stereocenters. The zero-order valence-corrected chi connectivity index (χ0v) is 18.1. The van der Waals surface area contributed by atoms with Crippen molar-refractivity contribution in [2.45, 2.75) is 57.7 Å². The first-order valence-electron chi connectivity index (χ1n) is 10.4. The summed E-state index contributed by atoms with van der Waals surface area (Å²) in [6.45, 7) is 3.72. The number of nitrogens with one attached hydrogen (secondary N) is 3. The smallest absolute Gasteiger partial charge is 0.326 e. The highest BCUT2D eigenvalue weighted by molar-refractivity contribution is 5.92. The van der Waals surface area contributed by atoms with Crippen molar-refractivity contribution in [3.8, 4) is 0 Å². The number of aliphatic carboxylic acids is 2. The number of amides is 2.